The zero-order valence-electron chi connectivity index (χ0n) is 10.9. The quantitative estimate of drug-likeness (QED) is 0.733. The zero-order valence-corrected chi connectivity index (χ0v) is 10.9. The van der Waals surface area contributed by atoms with Gasteiger partial charge < -0.3 is 5.11 Å². The number of benzene rings is 3. The van der Waals surface area contributed by atoms with Crippen LogP contribution in [-0.4, -0.2) is 10.9 Å². The molecule has 0 unspecified atom stereocenters. The number of hydrogen-bond donors (Lipinski definition) is 1. The van der Waals surface area contributed by atoms with Crippen molar-refractivity contribution in [1.82, 2.24) is 0 Å². The Morgan fingerprint density at radius 2 is 1.65 bits per heavy atom. The summed E-state index contributed by atoms with van der Waals surface area (Å²) in [5.41, 5.74) is 2.04. The molecular weight excluding hydrogens is 248 g/mol. The van der Waals surface area contributed by atoms with Gasteiger partial charge in [0.05, 0.1) is 6.61 Å². The minimum atomic E-state index is -0.0589. The first-order valence-electron chi connectivity index (χ1n) is 6.52. The van der Waals surface area contributed by atoms with Gasteiger partial charge in [-0.2, -0.15) is 0 Å². The Hall–Kier alpha value is -2.45. The van der Waals surface area contributed by atoms with Crippen molar-refractivity contribution in [2.45, 2.75) is 6.61 Å². The molecule has 3 rings (SSSR count). The Morgan fingerprint density at radius 3 is 2.50 bits per heavy atom. The van der Waals surface area contributed by atoms with Gasteiger partial charge in [0, 0.05) is 11.1 Å². The second kappa shape index (κ2) is 5.27. The topological polar surface area (TPSA) is 37.3 Å². The number of carbonyl (C=O) groups is 1. The van der Waals surface area contributed by atoms with Crippen molar-refractivity contribution in [2.24, 2.45) is 0 Å². The maximum Gasteiger partial charge on any atom is 0.193 e. The van der Waals surface area contributed by atoms with Crippen molar-refractivity contribution in [1.29, 1.82) is 0 Å². The highest BCUT2D eigenvalue weighted by Crippen LogP contribution is 2.21. The van der Waals surface area contributed by atoms with Gasteiger partial charge in [-0.15, -0.1) is 0 Å². The maximum atomic E-state index is 12.6. The molecule has 0 saturated heterocycles. The second-order valence-electron chi connectivity index (χ2n) is 4.71. The van der Waals surface area contributed by atoms with Crippen molar-refractivity contribution >= 4 is 16.6 Å². The average Bonchev–Trinajstić information content (AvgIpc) is 2.53. The first-order valence-corrected chi connectivity index (χ1v) is 6.52. The van der Waals surface area contributed by atoms with Crippen molar-refractivity contribution in [3.63, 3.8) is 0 Å². The van der Waals surface area contributed by atoms with E-state index in [1.54, 1.807) is 24.3 Å². The molecule has 3 aromatic carbocycles. The molecule has 0 atom stereocenters. The summed E-state index contributed by atoms with van der Waals surface area (Å²) in [6.45, 7) is -0.0589. The number of ketones is 1. The van der Waals surface area contributed by atoms with Crippen LogP contribution in [0.4, 0.5) is 0 Å². The van der Waals surface area contributed by atoms with Crippen LogP contribution in [0.2, 0.25) is 0 Å². The first kappa shape index (κ1) is 12.6. The summed E-state index contributed by atoms with van der Waals surface area (Å²) in [5.74, 6) is -0.0166. The lowest BCUT2D eigenvalue weighted by atomic mass is 9.96. The fourth-order valence-corrected chi connectivity index (χ4v) is 2.39. The van der Waals surface area contributed by atoms with Crippen LogP contribution in [0.1, 0.15) is 21.5 Å². The molecule has 0 saturated carbocycles. The molecule has 0 heterocycles. The monoisotopic (exact) mass is 262 g/mol. The summed E-state index contributed by atoms with van der Waals surface area (Å²) >= 11 is 0. The molecule has 0 fully saturated rings. The van der Waals surface area contributed by atoms with Gasteiger partial charge in [-0.1, -0.05) is 60.7 Å². The summed E-state index contributed by atoms with van der Waals surface area (Å²) in [6, 6.07) is 20.7. The number of aliphatic hydroxyl groups is 1. The predicted molar refractivity (Wildman–Crippen MR) is 79.7 cm³/mol. The van der Waals surface area contributed by atoms with E-state index in [0.717, 1.165) is 16.3 Å². The molecule has 2 nitrogen and oxygen atoms in total. The van der Waals surface area contributed by atoms with E-state index in [9.17, 15) is 9.90 Å². The molecule has 0 aliphatic carbocycles. The number of fused-ring (bicyclic) bond motifs is 1. The minimum Gasteiger partial charge on any atom is -0.392 e. The highest BCUT2D eigenvalue weighted by Gasteiger charge is 2.12. The van der Waals surface area contributed by atoms with Crippen LogP contribution in [0.25, 0.3) is 10.8 Å². The zero-order chi connectivity index (χ0) is 13.9. The summed E-state index contributed by atoms with van der Waals surface area (Å²) in [7, 11) is 0. The van der Waals surface area contributed by atoms with E-state index in [1.165, 1.54) is 0 Å². The molecular formula is C18H14O2. The van der Waals surface area contributed by atoms with Crippen LogP contribution in [0.15, 0.2) is 66.7 Å². The Bertz CT molecular complexity index is 770. The number of hydrogen-bond acceptors (Lipinski definition) is 2. The molecule has 0 spiro atoms. The van der Waals surface area contributed by atoms with Gasteiger partial charge in [-0.25, -0.2) is 0 Å². The summed E-state index contributed by atoms with van der Waals surface area (Å²) in [5, 5.41) is 11.2. The molecule has 0 amide bonds. The van der Waals surface area contributed by atoms with E-state index < -0.39 is 0 Å². The second-order valence-corrected chi connectivity index (χ2v) is 4.71. The SMILES string of the molecule is O=C(c1cccc(CO)c1)c1cccc2ccccc12. The normalized spacial score (nSPS) is 10.7. The van der Waals surface area contributed by atoms with Crippen molar-refractivity contribution < 1.29 is 9.90 Å². The van der Waals surface area contributed by atoms with Crippen LogP contribution in [-0.2, 0) is 6.61 Å². The summed E-state index contributed by atoms with van der Waals surface area (Å²) < 4.78 is 0. The number of aliphatic hydroxyl groups excluding tert-OH is 1. The van der Waals surface area contributed by atoms with Gasteiger partial charge in [0.1, 0.15) is 0 Å². The fraction of sp³-hybridized carbons (Fsp3) is 0.0556. The lowest BCUT2D eigenvalue weighted by Gasteiger charge is -2.07. The van der Waals surface area contributed by atoms with Gasteiger partial charge in [-0.05, 0) is 22.4 Å². The van der Waals surface area contributed by atoms with Crippen LogP contribution < -0.4 is 0 Å². The van der Waals surface area contributed by atoms with Crippen LogP contribution in [0.3, 0.4) is 0 Å². The predicted octanol–water partition coefficient (Wildman–Crippen LogP) is 3.56. The Balaban J connectivity index is 2.12. The standard InChI is InChI=1S/C18H14O2/c19-12-13-5-3-8-15(11-13)18(20)17-10-4-7-14-6-1-2-9-16(14)17/h1-11,19H,12H2. The third-order valence-corrected chi connectivity index (χ3v) is 3.41. The van der Waals surface area contributed by atoms with E-state index in [2.05, 4.69) is 0 Å². The van der Waals surface area contributed by atoms with E-state index >= 15 is 0 Å². The van der Waals surface area contributed by atoms with Crippen LogP contribution in [0.5, 0.6) is 0 Å². The van der Waals surface area contributed by atoms with Crippen molar-refractivity contribution in [3.8, 4) is 0 Å². The smallest absolute Gasteiger partial charge is 0.193 e. The first-order chi connectivity index (χ1) is 9.79. The number of carbonyl (C=O) groups excluding carboxylic acids is 1. The third-order valence-electron chi connectivity index (χ3n) is 3.41. The number of rotatable bonds is 3. The Morgan fingerprint density at radius 1 is 0.900 bits per heavy atom. The van der Waals surface area contributed by atoms with Crippen molar-refractivity contribution in [2.75, 3.05) is 0 Å². The molecule has 0 aromatic heterocycles. The van der Waals surface area contributed by atoms with Gasteiger partial charge >= 0.3 is 0 Å². The molecule has 0 bridgehead atoms. The van der Waals surface area contributed by atoms with E-state index in [0.29, 0.717) is 11.1 Å². The molecule has 1 N–H and O–H groups in total. The van der Waals surface area contributed by atoms with Crippen LogP contribution >= 0.6 is 0 Å². The molecule has 3 aromatic rings. The van der Waals surface area contributed by atoms with Gasteiger partial charge in [0.2, 0.25) is 0 Å². The van der Waals surface area contributed by atoms with Gasteiger partial charge in [0.15, 0.2) is 5.78 Å². The molecule has 0 aliphatic heterocycles. The van der Waals surface area contributed by atoms with E-state index in [4.69, 9.17) is 0 Å². The Kier molecular flexibility index (Phi) is 3.32. The third kappa shape index (κ3) is 2.22. The highest BCUT2D eigenvalue weighted by molar-refractivity contribution is 6.16. The molecule has 0 radical (unpaired) electrons. The van der Waals surface area contributed by atoms with Crippen LogP contribution in [0, 0.1) is 0 Å². The molecule has 98 valence electrons. The Labute approximate surface area is 117 Å². The van der Waals surface area contributed by atoms with E-state index in [1.807, 2.05) is 42.5 Å². The van der Waals surface area contributed by atoms with Crippen molar-refractivity contribution in [3.05, 3.63) is 83.4 Å². The maximum absolute atomic E-state index is 12.6. The molecule has 0 aliphatic rings. The molecule has 20 heavy (non-hydrogen) atoms. The highest BCUT2D eigenvalue weighted by atomic mass is 16.3. The lowest BCUT2D eigenvalue weighted by Crippen LogP contribution is -2.03. The van der Waals surface area contributed by atoms with E-state index in [-0.39, 0.29) is 12.4 Å². The largest absolute Gasteiger partial charge is 0.392 e. The molecule has 2 heteroatoms. The van der Waals surface area contributed by atoms with Gasteiger partial charge in [0.25, 0.3) is 0 Å². The summed E-state index contributed by atoms with van der Waals surface area (Å²) in [4.78, 5) is 12.6. The lowest BCUT2D eigenvalue weighted by molar-refractivity contribution is 0.104. The van der Waals surface area contributed by atoms with Gasteiger partial charge in [-0.3, -0.25) is 4.79 Å². The average molecular weight is 262 g/mol. The minimum absolute atomic E-state index is 0.0166. The summed E-state index contributed by atoms with van der Waals surface area (Å²) in [6.07, 6.45) is 0. The fourth-order valence-electron chi connectivity index (χ4n) is 2.39.